The molecule has 2 aromatic carbocycles. The SMILES string of the molecule is Cc1ccc([N+](=O)[O-])cc1NC(=O)COC(=O)c1cc(Cl)ccc1[N+](=O)[O-]. The van der Waals surface area contributed by atoms with Crippen LogP contribution in [0.1, 0.15) is 15.9 Å². The Kier molecular flexibility index (Phi) is 6.03. The van der Waals surface area contributed by atoms with Gasteiger partial charge in [0.25, 0.3) is 17.3 Å². The van der Waals surface area contributed by atoms with Gasteiger partial charge in [0.15, 0.2) is 6.61 Å². The molecule has 0 bridgehead atoms. The molecule has 0 aliphatic rings. The molecule has 0 saturated carbocycles. The number of halogens is 1. The highest BCUT2D eigenvalue weighted by Crippen LogP contribution is 2.24. The molecule has 0 aliphatic carbocycles. The van der Waals surface area contributed by atoms with Gasteiger partial charge in [0.05, 0.1) is 15.5 Å². The van der Waals surface area contributed by atoms with Crippen LogP contribution in [0.2, 0.25) is 5.02 Å². The summed E-state index contributed by atoms with van der Waals surface area (Å²) in [7, 11) is 0. The predicted molar refractivity (Wildman–Crippen MR) is 94.9 cm³/mol. The van der Waals surface area contributed by atoms with Gasteiger partial charge in [-0.1, -0.05) is 17.7 Å². The molecule has 0 saturated heterocycles. The number of carbonyl (C=O) groups excluding carboxylic acids is 2. The number of amides is 1. The average Bonchev–Trinajstić information content (AvgIpc) is 2.61. The molecule has 2 rings (SSSR count). The minimum atomic E-state index is -1.10. The number of aryl methyl sites for hydroxylation is 1. The number of ether oxygens (including phenoxy) is 1. The Bertz CT molecular complexity index is 946. The number of nitro groups is 2. The van der Waals surface area contributed by atoms with Gasteiger partial charge in [0.1, 0.15) is 5.56 Å². The van der Waals surface area contributed by atoms with E-state index in [0.717, 1.165) is 18.2 Å². The molecular formula is C16H12ClN3O7. The lowest BCUT2D eigenvalue weighted by Crippen LogP contribution is -2.21. The third-order valence-corrected chi connectivity index (χ3v) is 3.65. The van der Waals surface area contributed by atoms with E-state index < -0.39 is 39.6 Å². The van der Waals surface area contributed by atoms with Crippen LogP contribution in [-0.4, -0.2) is 28.3 Å². The van der Waals surface area contributed by atoms with Crippen molar-refractivity contribution in [1.29, 1.82) is 0 Å². The van der Waals surface area contributed by atoms with Crippen molar-refractivity contribution >= 4 is 40.5 Å². The van der Waals surface area contributed by atoms with Gasteiger partial charge in [0.2, 0.25) is 0 Å². The van der Waals surface area contributed by atoms with Crippen LogP contribution in [0.3, 0.4) is 0 Å². The summed E-state index contributed by atoms with van der Waals surface area (Å²) in [6.07, 6.45) is 0. The van der Waals surface area contributed by atoms with Gasteiger partial charge < -0.3 is 10.1 Å². The zero-order valence-corrected chi connectivity index (χ0v) is 14.6. The van der Waals surface area contributed by atoms with Gasteiger partial charge in [-0.05, 0) is 24.6 Å². The fraction of sp³-hybridized carbons (Fsp3) is 0.125. The maximum atomic E-state index is 12.0. The van der Waals surface area contributed by atoms with E-state index in [2.05, 4.69) is 5.32 Å². The highest BCUT2D eigenvalue weighted by atomic mass is 35.5. The molecule has 10 nitrogen and oxygen atoms in total. The molecule has 1 amide bonds. The minimum Gasteiger partial charge on any atom is -0.452 e. The normalized spacial score (nSPS) is 10.1. The second kappa shape index (κ2) is 8.23. The monoisotopic (exact) mass is 393 g/mol. The number of carbonyl (C=O) groups is 2. The van der Waals surface area contributed by atoms with E-state index in [-0.39, 0.29) is 16.4 Å². The molecule has 1 N–H and O–H groups in total. The molecule has 0 heterocycles. The fourth-order valence-corrected chi connectivity index (χ4v) is 2.26. The Morgan fingerprint density at radius 1 is 1.11 bits per heavy atom. The van der Waals surface area contributed by atoms with E-state index in [1.165, 1.54) is 18.2 Å². The minimum absolute atomic E-state index is 0.0872. The van der Waals surface area contributed by atoms with Gasteiger partial charge in [0, 0.05) is 23.2 Å². The number of nitrogens with one attached hydrogen (secondary N) is 1. The van der Waals surface area contributed by atoms with Crippen LogP contribution in [-0.2, 0) is 9.53 Å². The molecule has 0 fully saturated rings. The van der Waals surface area contributed by atoms with E-state index >= 15 is 0 Å². The first-order valence-electron chi connectivity index (χ1n) is 7.35. The Balaban J connectivity index is 2.07. The van der Waals surface area contributed by atoms with Gasteiger partial charge >= 0.3 is 5.97 Å². The van der Waals surface area contributed by atoms with Crippen LogP contribution in [0.5, 0.6) is 0 Å². The lowest BCUT2D eigenvalue weighted by atomic mass is 10.2. The molecule has 0 aliphatic heterocycles. The van der Waals surface area contributed by atoms with Crippen LogP contribution >= 0.6 is 11.6 Å². The summed E-state index contributed by atoms with van der Waals surface area (Å²) < 4.78 is 4.78. The Morgan fingerprint density at radius 2 is 1.81 bits per heavy atom. The lowest BCUT2D eigenvalue weighted by molar-refractivity contribution is -0.385. The molecule has 0 spiro atoms. The predicted octanol–water partition coefficient (Wildman–Crippen LogP) is 3.26. The quantitative estimate of drug-likeness (QED) is 0.450. The van der Waals surface area contributed by atoms with E-state index in [9.17, 15) is 29.8 Å². The topological polar surface area (TPSA) is 142 Å². The summed E-state index contributed by atoms with van der Waals surface area (Å²) in [5, 5.41) is 24.2. The van der Waals surface area contributed by atoms with Crippen molar-refractivity contribution in [1.82, 2.24) is 0 Å². The second-order valence-corrected chi connectivity index (χ2v) is 5.74. The zero-order valence-electron chi connectivity index (χ0n) is 13.8. The first-order chi connectivity index (χ1) is 12.7. The number of hydrogen-bond acceptors (Lipinski definition) is 7. The van der Waals surface area contributed by atoms with Crippen molar-refractivity contribution in [2.24, 2.45) is 0 Å². The first kappa shape index (κ1) is 19.8. The van der Waals surface area contributed by atoms with E-state index in [4.69, 9.17) is 16.3 Å². The van der Waals surface area contributed by atoms with E-state index in [1.54, 1.807) is 6.92 Å². The molecule has 0 radical (unpaired) electrons. The van der Waals surface area contributed by atoms with Crippen molar-refractivity contribution in [3.8, 4) is 0 Å². The number of hydrogen-bond donors (Lipinski definition) is 1. The van der Waals surface area contributed by atoms with Gasteiger partial charge in [-0.2, -0.15) is 0 Å². The zero-order chi connectivity index (χ0) is 20.1. The summed E-state index contributed by atoms with van der Waals surface area (Å²) in [5.74, 6) is -1.87. The van der Waals surface area contributed by atoms with E-state index in [0.29, 0.717) is 5.56 Å². The van der Waals surface area contributed by atoms with Crippen LogP contribution in [0.4, 0.5) is 17.1 Å². The number of nitrogens with zero attached hydrogens (tertiary/aromatic N) is 2. The summed E-state index contributed by atoms with van der Waals surface area (Å²) in [6, 6.07) is 7.25. The maximum Gasteiger partial charge on any atom is 0.345 e. The maximum absolute atomic E-state index is 12.0. The second-order valence-electron chi connectivity index (χ2n) is 5.30. The largest absolute Gasteiger partial charge is 0.452 e. The number of benzene rings is 2. The highest BCUT2D eigenvalue weighted by molar-refractivity contribution is 6.31. The van der Waals surface area contributed by atoms with Gasteiger partial charge in [-0.15, -0.1) is 0 Å². The van der Waals surface area contributed by atoms with E-state index in [1.807, 2.05) is 0 Å². The Labute approximate surface area is 157 Å². The van der Waals surface area contributed by atoms with Crippen LogP contribution in [0, 0.1) is 27.2 Å². The molecule has 0 aromatic heterocycles. The highest BCUT2D eigenvalue weighted by Gasteiger charge is 2.22. The summed E-state index contributed by atoms with van der Waals surface area (Å²) in [6.45, 7) is 0.880. The smallest absolute Gasteiger partial charge is 0.345 e. The Morgan fingerprint density at radius 3 is 2.44 bits per heavy atom. The summed E-state index contributed by atoms with van der Waals surface area (Å²) in [4.78, 5) is 44.3. The van der Waals surface area contributed by atoms with Crippen molar-refractivity contribution in [3.63, 3.8) is 0 Å². The summed E-state index contributed by atoms with van der Waals surface area (Å²) in [5.41, 5.74) is -0.390. The first-order valence-corrected chi connectivity index (χ1v) is 7.73. The lowest BCUT2D eigenvalue weighted by Gasteiger charge is -2.09. The number of rotatable bonds is 6. The molecule has 0 unspecified atom stereocenters. The standard InChI is InChI=1S/C16H12ClN3O7/c1-9-2-4-11(19(23)24)7-13(9)18-15(21)8-27-16(22)12-6-10(17)3-5-14(12)20(25)26/h2-7H,8H2,1H3,(H,18,21). The number of non-ortho nitro benzene ring substituents is 1. The third kappa shape index (κ3) is 4.98. The summed E-state index contributed by atoms with van der Waals surface area (Å²) >= 11 is 5.73. The van der Waals surface area contributed by atoms with Crippen molar-refractivity contribution in [2.45, 2.75) is 6.92 Å². The molecule has 140 valence electrons. The fourth-order valence-electron chi connectivity index (χ4n) is 2.08. The third-order valence-electron chi connectivity index (χ3n) is 3.42. The van der Waals surface area contributed by atoms with Crippen LogP contribution < -0.4 is 5.32 Å². The molecule has 0 atom stereocenters. The van der Waals surface area contributed by atoms with Crippen molar-refractivity contribution < 1.29 is 24.2 Å². The van der Waals surface area contributed by atoms with Crippen LogP contribution in [0.15, 0.2) is 36.4 Å². The van der Waals surface area contributed by atoms with Crippen molar-refractivity contribution in [2.75, 3.05) is 11.9 Å². The number of anilines is 1. The van der Waals surface area contributed by atoms with Crippen molar-refractivity contribution in [3.05, 3.63) is 72.8 Å². The molecule has 27 heavy (non-hydrogen) atoms. The average molecular weight is 394 g/mol. The molecule has 2 aromatic rings. The van der Waals surface area contributed by atoms with Crippen LogP contribution in [0.25, 0.3) is 0 Å². The number of nitro benzene ring substituents is 2. The molecular weight excluding hydrogens is 382 g/mol. The van der Waals surface area contributed by atoms with Gasteiger partial charge in [-0.3, -0.25) is 25.0 Å². The molecule has 11 heteroatoms. The van der Waals surface area contributed by atoms with Gasteiger partial charge in [-0.25, -0.2) is 4.79 Å². The number of esters is 1. The Hall–Kier alpha value is -3.53.